The molecule has 5 nitrogen and oxygen atoms in total. The van der Waals surface area contributed by atoms with E-state index in [4.69, 9.17) is 10.5 Å². The number of ether oxygens (including phenoxy) is 1. The first-order chi connectivity index (χ1) is 8.66. The van der Waals surface area contributed by atoms with Crippen LogP contribution in [-0.4, -0.2) is 30.6 Å². The van der Waals surface area contributed by atoms with E-state index in [2.05, 4.69) is 10.3 Å². The quantitative estimate of drug-likeness (QED) is 0.841. The number of carbonyl (C=O) groups excluding carboxylic acids is 1. The highest BCUT2D eigenvalue weighted by molar-refractivity contribution is 5.95. The molecule has 1 aliphatic heterocycles. The van der Waals surface area contributed by atoms with Crippen LogP contribution in [0.4, 0.5) is 5.69 Å². The fourth-order valence-electron chi connectivity index (χ4n) is 2.06. The van der Waals surface area contributed by atoms with Gasteiger partial charge in [0.05, 0.1) is 23.1 Å². The molecule has 0 unspecified atom stereocenters. The fraction of sp³-hybridized carbons (Fsp3) is 0.538. The van der Waals surface area contributed by atoms with Crippen LogP contribution in [0.5, 0.6) is 0 Å². The maximum atomic E-state index is 12.0. The van der Waals surface area contributed by atoms with Gasteiger partial charge in [-0.25, -0.2) is 0 Å². The SMILES string of the molecule is Cc1ncc(N)cc1C(=O)NCC1CCOCC1. The molecule has 0 aliphatic carbocycles. The normalized spacial score (nSPS) is 16.5. The summed E-state index contributed by atoms with van der Waals surface area (Å²) in [4.78, 5) is 16.1. The zero-order valence-electron chi connectivity index (χ0n) is 10.6. The van der Waals surface area contributed by atoms with Crippen molar-refractivity contribution < 1.29 is 9.53 Å². The lowest BCUT2D eigenvalue weighted by molar-refractivity contribution is 0.0642. The predicted molar refractivity (Wildman–Crippen MR) is 69.3 cm³/mol. The molecule has 1 aliphatic rings. The van der Waals surface area contributed by atoms with E-state index < -0.39 is 0 Å². The molecule has 1 aromatic rings. The van der Waals surface area contributed by atoms with Crippen LogP contribution >= 0.6 is 0 Å². The van der Waals surface area contributed by atoms with E-state index in [1.54, 1.807) is 12.3 Å². The van der Waals surface area contributed by atoms with E-state index in [9.17, 15) is 4.79 Å². The highest BCUT2D eigenvalue weighted by Gasteiger charge is 2.16. The first-order valence-electron chi connectivity index (χ1n) is 6.25. The van der Waals surface area contributed by atoms with Crippen molar-refractivity contribution in [1.29, 1.82) is 0 Å². The summed E-state index contributed by atoms with van der Waals surface area (Å²) in [5, 5.41) is 2.95. The van der Waals surface area contributed by atoms with Crippen molar-refractivity contribution in [3.05, 3.63) is 23.5 Å². The lowest BCUT2D eigenvalue weighted by Gasteiger charge is -2.22. The summed E-state index contributed by atoms with van der Waals surface area (Å²) in [6.07, 6.45) is 3.58. The molecular formula is C13H19N3O2. The average Bonchev–Trinajstić information content (AvgIpc) is 2.40. The highest BCUT2D eigenvalue weighted by Crippen LogP contribution is 2.14. The number of aryl methyl sites for hydroxylation is 1. The molecule has 5 heteroatoms. The monoisotopic (exact) mass is 249 g/mol. The Balaban J connectivity index is 1.92. The Bertz CT molecular complexity index is 428. The van der Waals surface area contributed by atoms with E-state index in [0.29, 0.717) is 29.4 Å². The number of carbonyl (C=O) groups is 1. The number of pyridine rings is 1. The van der Waals surface area contributed by atoms with Crippen LogP contribution in [0.3, 0.4) is 0 Å². The number of nitrogens with zero attached hydrogens (tertiary/aromatic N) is 1. The van der Waals surface area contributed by atoms with Crippen molar-refractivity contribution in [3.63, 3.8) is 0 Å². The number of nitrogens with one attached hydrogen (secondary N) is 1. The highest BCUT2D eigenvalue weighted by atomic mass is 16.5. The lowest BCUT2D eigenvalue weighted by atomic mass is 10.0. The number of nitrogen functional groups attached to an aromatic ring is 1. The van der Waals surface area contributed by atoms with Gasteiger partial charge in [0, 0.05) is 19.8 Å². The Morgan fingerprint density at radius 3 is 3.00 bits per heavy atom. The van der Waals surface area contributed by atoms with Crippen LogP contribution in [0.2, 0.25) is 0 Å². The summed E-state index contributed by atoms with van der Waals surface area (Å²) >= 11 is 0. The van der Waals surface area contributed by atoms with Crippen molar-refractivity contribution >= 4 is 11.6 Å². The first kappa shape index (κ1) is 12.8. The number of hydrogen-bond acceptors (Lipinski definition) is 4. The molecule has 1 aromatic heterocycles. The molecule has 1 fully saturated rings. The Labute approximate surface area is 107 Å². The molecule has 0 radical (unpaired) electrons. The maximum Gasteiger partial charge on any atom is 0.253 e. The third kappa shape index (κ3) is 3.20. The van der Waals surface area contributed by atoms with Gasteiger partial charge in [-0.1, -0.05) is 0 Å². The minimum atomic E-state index is -0.0983. The average molecular weight is 249 g/mol. The summed E-state index contributed by atoms with van der Waals surface area (Å²) in [6.45, 7) is 4.08. The molecule has 2 rings (SSSR count). The van der Waals surface area contributed by atoms with Gasteiger partial charge in [0.1, 0.15) is 0 Å². The number of anilines is 1. The fourth-order valence-corrected chi connectivity index (χ4v) is 2.06. The number of aromatic nitrogens is 1. The van der Waals surface area contributed by atoms with Crippen LogP contribution in [0.15, 0.2) is 12.3 Å². The van der Waals surface area contributed by atoms with Gasteiger partial charge in [0.25, 0.3) is 5.91 Å². The van der Waals surface area contributed by atoms with Gasteiger partial charge in [-0.05, 0) is 31.7 Å². The summed E-state index contributed by atoms with van der Waals surface area (Å²) in [7, 11) is 0. The lowest BCUT2D eigenvalue weighted by Crippen LogP contribution is -2.32. The second-order valence-electron chi connectivity index (χ2n) is 4.67. The smallest absolute Gasteiger partial charge is 0.253 e. The third-order valence-corrected chi connectivity index (χ3v) is 3.24. The van der Waals surface area contributed by atoms with Crippen molar-refractivity contribution in [3.8, 4) is 0 Å². The summed E-state index contributed by atoms with van der Waals surface area (Å²) in [5.74, 6) is 0.413. The Morgan fingerprint density at radius 2 is 2.28 bits per heavy atom. The maximum absolute atomic E-state index is 12.0. The summed E-state index contributed by atoms with van der Waals surface area (Å²) in [6, 6.07) is 1.67. The number of amides is 1. The molecule has 0 aromatic carbocycles. The molecule has 0 spiro atoms. The van der Waals surface area contributed by atoms with Gasteiger partial charge in [-0.3, -0.25) is 9.78 Å². The van der Waals surface area contributed by atoms with E-state index in [-0.39, 0.29) is 5.91 Å². The number of hydrogen-bond donors (Lipinski definition) is 2. The Hall–Kier alpha value is -1.62. The largest absolute Gasteiger partial charge is 0.397 e. The summed E-state index contributed by atoms with van der Waals surface area (Å²) in [5.41, 5.74) is 7.42. The first-order valence-corrected chi connectivity index (χ1v) is 6.25. The number of rotatable bonds is 3. The van der Waals surface area contributed by atoms with E-state index in [1.165, 1.54) is 0 Å². The third-order valence-electron chi connectivity index (χ3n) is 3.24. The van der Waals surface area contributed by atoms with E-state index in [0.717, 1.165) is 26.1 Å². The van der Waals surface area contributed by atoms with Gasteiger partial charge in [-0.15, -0.1) is 0 Å². The van der Waals surface area contributed by atoms with Crippen molar-refractivity contribution in [2.75, 3.05) is 25.5 Å². The topological polar surface area (TPSA) is 77.2 Å². The molecule has 0 bridgehead atoms. The second-order valence-corrected chi connectivity index (χ2v) is 4.67. The van der Waals surface area contributed by atoms with Gasteiger partial charge >= 0.3 is 0 Å². The van der Waals surface area contributed by atoms with Gasteiger partial charge in [-0.2, -0.15) is 0 Å². The molecule has 3 N–H and O–H groups in total. The predicted octanol–water partition coefficient (Wildman–Crippen LogP) is 1.13. The Kier molecular flexibility index (Phi) is 4.15. The molecule has 0 atom stereocenters. The zero-order valence-corrected chi connectivity index (χ0v) is 10.6. The van der Waals surface area contributed by atoms with E-state index >= 15 is 0 Å². The van der Waals surface area contributed by atoms with Gasteiger partial charge in [0.15, 0.2) is 0 Å². The van der Waals surface area contributed by atoms with Crippen molar-refractivity contribution in [1.82, 2.24) is 10.3 Å². The minimum Gasteiger partial charge on any atom is -0.397 e. The van der Waals surface area contributed by atoms with Crippen LogP contribution in [0.25, 0.3) is 0 Å². The van der Waals surface area contributed by atoms with Gasteiger partial charge in [0.2, 0.25) is 0 Å². The van der Waals surface area contributed by atoms with Crippen molar-refractivity contribution in [2.45, 2.75) is 19.8 Å². The molecule has 18 heavy (non-hydrogen) atoms. The van der Waals surface area contributed by atoms with Crippen LogP contribution < -0.4 is 11.1 Å². The second kappa shape index (κ2) is 5.82. The molecule has 98 valence electrons. The van der Waals surface area contributed by atoms with Crippen LogP contribution in [0, 0.1) is 12.8 Å². The van der Waals surface area contributed by atoms with E-state index in [1.807, 2.05) is 6.92 Å². The molecular weight excluding hydrogens is 230 g/mol. The zero-order chi connectivity index (χ0) is 13.0. The minimum absolute atomic E-state index is 0.0983. The molecule has 1 saturated heterocycles. The Morgan fingerprint density at radius 1 is 1.56 bits per heavy atom. The molecule has 1 amide bonds. The number of nitrogens with two attached hydrogens (primary N) is 1. The van der Waals surface area contributed by atoms with Crippen molar-refractivity contribution in [2.24, 2.45) is 5.92 Å². The van der Waals surface area contributed by atoms with Crippen LogP contribution in [0.1, 0.15) is 28.9 Å². The summed E-state index contributed by atoms with van der Waals surface area (Å²) < 4.78 is 5.29. The van der Waals surface area contributed by atoms with Gasteiger partial charge < -0.3 is 15.8 Å². The standard InChI is InChI=1S/C13H19N3O2/c1-9-12(6-11(14)8-15-9)13(17)16-7-10-2-4-18-5-3-10/h6,8,10H,2-5,7,14H2,1H3,(H,16,17). The van der Waals surface area contributed by atoms with Crippen LogP contribution in [-0.2, 0) is 4.74 Å². The molecule has 2 heterocycles. The molecule has 0 saturated carbocycles.